The molecular weight excluding hydrogens is 248 g/mol. The normalized spacial score (nSPS) is 11.0. The number of aryl methyl sites for hydroxylation is 1. The minimum atomic E-state index is -0.983. The van der Waals surface area contributed by atoms with E-state index in [1.807, 2.05) is 0 Å². The Morgan fingerprint density at radius 2 is 2.26 bits per heavy atom. The van der Waals surface area contributed by atoms with Crippen molar-refractivity contribution in [1.29, 1.82) is 0 Å². The number of fused-ring (bicyclic) bond motifs is 1. The molecule has 0 amide bonds. The lowest BCUT2D eigenvalue weighted by Gasteiger charge is -1.98. The molecule has 0 aliphatic rings. The quantitative estimate of drug-likeness (QED) is 0.725. The second-order valence-corrected chi connectivity index (χ2v) is 4.09. The van der Waals surface area contributed by atoms with Crippen LogP contribution in [0.3, 0.4) is 0 Å². The molecule has 0 fully saturated rings. The van der Waals surface area contributed by atoms with Crippen LogP contribution < -0.4 is 0 Å². The summed E-state index contributed by atoms with van der Waals surface area (Å²) in [6.45, 7) is 0.393. The Morgan fingerprint density at radius 1 is 1.42 bits per heavy atom. The summed E-state index contributed by atoms with van der Waals surface area (Å²) >= 11 is 0. The number of carboxylic acids is 1. The molecule has 3 aromatic rings. The van der Waals surface area contributed by atoms with E-state index >= 15 is 0 Å². The number of nitrogens with zero attached hydrogens (tertiary/aromatic N) is 6. The number of hydrogen-bond acceptors (Lipinski definition) is 5. The lowest BCUT2D eigenvalue weighted by Crippen LogP contribution is -2.04. The fourth-order valence-corrected chi connectivity index (χ4v) is 1.81. The van der Waals surface area contributed by atoms with Gasteiger partial charge in [-0.15, -0.1) is 5.10 Å². The molecular formula is C11H10N6O2. The second kappa shape index (κ2) is 4.16. The summed E-state index contributed by atoms with van der Waals surface area (Å²) < 4.78 is 3.24. The molecule has 0 atom stereocenters. The molecule has 19 heavy (non-hydrogen) atoms. The van der Waals surface area contributed by atoms with Gasteiger partial charge in [0.25, 0.3) is 0 Å². The van der Waals surface area contributed by atoms with Gasteiger partial charge in [0.05, 0.1) is 11.1 Å². The van der Waals surface area contributed by atoms with Gasteiger partial charge in [0, 0.05) is 7.05 Å². The van der Waals surface area contributed by atoms with Gasteiger partial charge in [-0.25, -0.2) is 14.5 Å². The molecule has 0 saturated heterocycles. The fraction of sp³-hybridized carbons (Fsp3) is 0.182. The molecule has 0 radical (unpaired) electrons. The first-order chi connectivity index (χ1) is 9.13. The minimum Gasteiger partial charge on any atom is -0.478 e. The minimum absolute atomic E-state index is 0.190. The SMILES string of the molecule is Cn1cnc(Cn2nnc3cc(C(=O)O)ccc32)n1. The number of rotatable bonds is 3. The molecule has 0 spiro atoms. The fourth-order valence-electron chi connectivity index (χ4n) is 1.81. The molecule has 0 bridgehead atoms. The maximum absolute atomic E-state index is 10.9. The van der Waals surface area contributed by atoms with Crippen molar-refractivity contribution < 1.29 is 9.90 Å². The van der Waals surface area contributed by atoms with E-state index in [4.69, 9.17) is 5.11 Å². The van der Waals surface area contributed by atoms with E-state index in [-0.39, 0.29) is 5.56 Å². The lowest BCUT2D eigenvalue weighted by molar-refractivity contribution is 0.0697. The van der Waals surface area contributed by atoms with Crippen LogP contribution in [-0.4, -0.2) is 40.8 Å². The Bertz CT molecular complexity index is 759. The van der Waals surface area contributed by atoms with Crippen molar-refractivity contribution in [2.45, 2.75) is 6.54 Å². The maximum atomic E-state index is 10.9. The molecule has 8 nitrogen and oxygen atoms in total. The monoisotopic (exact) mass is 258 g/mol. The van der Waals surface area contributed by atoms with Crippen LogP contribution in [0.15, 0.2) is 24.5 Å². The first-order valence-electron chi connectivity index (χ1n) is 5.54. The highest BCUT2D eigenvalue weighted by atomic mass is 16.4. The zero-order valence-electron chi connectivity index (χ0n) is 10.1. The van der Waals surface area contributed by atoms with Crippen LogP contribution in [0.1, 0.15) is 16.2 Å². The topological polar surface area (TPSA) is 98.7 Å². The Labute approximate surface area is 107 Å². The van der Waals surface area contributed by atoms with E-state index in [9.17, 15) is 4.79 Å². The van der Waals surface area contributed by atoms with E-state index in [2.05, 4.69) is 20.4 Å². The molecule has 96 valence electrons. The van der Waals surface area contributed by atoms with Crippen LogP contribution in [0, 0.1) is 0 Å². The van der Waals surface area contributed by atoms with Crippen LogP contribution >= 0.6 is 0 Å². The van der Waals surface area contributed by atoms with Gasteiger partial charge in [-0.05, 0) is 18.2 Å². The van der Waals surface area contributed by atoms with Crippen LogP contribution in [0.4, 0.5) is 0 Å². The molecule has 3 rings (SSSR count). The summed E-state index contributed by atoms with van der Waals surface area (Å²) in [5, 5.41) is 21.0. The van der Waals surface area contributed by atoms with Crippen molar-refractivity contribution in [3.63, 3.8) is 0 Å². The first kappa shape index (κ1) is 11.3. The predicted octanol–water partition coefficient (Wildman–Crippen LogP) is 0.306. The molecule has 0 aliphatic carbocycles. The van der Waals surface area contributed by atoms with Crippen LogP contribution in [-0.2, 0) is 13.6 Å². The Hall–Kier alpha value is -2.77. The average Bonchev–Trinajstić information content (AvgIpc) is 2.96. The lowest BCUT2D eigenvalue weighted by atomic mass is 10.2. The van der Waals surface area contributed by atoms with E-state index in [1.54, 1.807) is 28.8 Å². The highest BCUT2D eigenvalue weighted by Crippen LogP contribution is 2.14. The van der Waals surface area contributed by atoms with Gasteiger partial charge in [0.15, 0.2) is 5.82 Å². The third-order valence-electron chi connectivity index (χ3n) is 2.70. The summed E-state index contributed by atoms with van der Waals surface area (Å²) in [7, 11) is 1.79. The van der Waals surface area contributed by atoms with Crippen molar-refractivity contribution >= 4 is 17.0 Å². The summed E-state index contributed by atoms with van der Waals surface area (Å²) in [6.07, 6.45) is 1.61. The molecule has 2 aromatic heterocycles. The van der Waals surface area contributed by atoms with Crippen molar-refractivity contribution in [3.8, 4) is 0 Å². The summed E-state index contributed by atoms with van der Waals surface area (Å²) in [6, 6.07) is 4.70. The molecule has 8 heteroatoms. The number of hydrogen-bond donors (Lipinski definition) is 1. The van der Waals surface area contributed by atoms with Gasteiger partial charge in [-0.3, -0.25) is 4.68 Å². The Balaban J connectivity index is 1.99. The number of aromatic nitrogens is 6. The highest BCUT2D eigenvalue weighted by Gasteiger charge is 2.10. The molecule has 0 aliphatic heterocycles. The van der Waals surface area contributed by atoms with Crippen molar-refractivity contribution in [2.24, 2.45) is 7.05 Å². The van der Waals surface area contributed by atoms with E-state index in [1.165, 1.54) is 12.1 Å². The van der Waals surface area contributed by atoms with Gasteiger partial charge >= 0.3 is 5.97 Å². The number of carbonyl (C=O) groups is 1. The number of aromatic carboxylic acids is 1. The third-order valence-corrected chi connectivity index (χ3v) is 2.70. The van der Waals surface area contributed by atoms with E-state index < -0.39 is 5.97 Å². The van der Waals surface area contributed by atoms with Crippen LogP contribution in [0.2, 0.25) is 0 Å². The molecule has 0 unspecified atom stereocenters. The summed E-state index contributed by atoms with van der Waals surface area (Å²) in [4.78, 5) is 15.0. The molecule has 0 saturated carbocycles. The van der Waals surface area contributed by atoms with Crippen LogP contribution in [0.25, 0.3) is 11.0 Å². The van der Waals surface area contributed by atoms with E-state index in [0.717, 1.165) is 5.52 Å². The van der Waals surface area contributed by atoms with Crippen molar-refractivity contribution in [2.75, 3.05) is 0 Å². The van der Waals surface area contributed by atoms with Gasteiger partial charge in [0.1, 0.15) is 18.4 Å². The average molecular weight is 258 g/mol. The van der Waals surface area contributed by atoms with Gasteiger partial charge in [0.2, 0.25) is 0 Å². The summed E-state index contributed by atoms with van der Waals surface area (Å²) in [5.74, 6) is -0.362. The maximum Gasteiger partial charge on any atom is 0.335 e. The van der Waals surface area contributed by atoms with E-state index in [0.29, 0.717) is 17.9 Å². The largest absolute Gasteiger partial charge is 0.478 e. The molecule has 1 aromatic carbocycles. The molecule has 2 heterocycles. The second-order valence-electron chi connectivity index (χ2n) is 4.09. The smallest absolute Gasteiger partial charge is 0.335 e. The molecule has 1 N–H and O–H groups in total. The first-order valence-corrected chi connectivity index (χ1v) is 5.54. The van der Waals surface area contributed by atoms with Crippen molar-refractivity contribution in [1.82, 2.24) is 29.8 Å². The van der Waals surface area contributed by atoms with Crippen molar-refractivity contribution in [3.05, 3.63) is 35.9 Å². The standard InChI is InChI=1S/C11H10N6O2/c1-16-6-12-10(14-16)5-17-9-3-2-7(11(18)19)4-8(9)13-15-17/h2-4,6H,5H2,1H3,(H,18,19). The number of carboxylic acid groups (broad SMARTS) is 1. The Kier molecular flexibility index (Phi) is 2.48. The Morgan fingerprint density at radius 3 is 2.95 bits per heavy atom. The predicted molar refractivity (Wildman–Crippen MR) is 64.6 cm³/mol. The van der Waals surface area contributed by atoms with Gasteiger partial charge < -0.3 is 5.11 Å². The summed E-state index contributed by atoms with van der Waals surface area (Å²) in [5.41, 5.74) is 1.48. The van der Waals surface area contributed by atoms with Gasteiger partial charge in [-0.1, -0.05) is 5.21 Å². The zero-order valence-corrected chi connectivity index (χ0v) is 10.1. The zero-order chi connectivity index (χ0) is 13.4. The third kappa shape index (κ3) is 2.03. The number of benzene rings is 1. The van der Waals surface area contributed by atoms with Crippen LogP contribution in [0.5, 0.6) is 0 Å². The highest BCUT2D eigenvalue weighted by molar-refractivity contribution is 5.92. The van der Waals surface area contributed by atoms with Gasteiger partial charge in [-0.2, -0.15) is 5.10 Å².